The summed E-state index contributed by atoms with van der Waals surface area (Å²) in [6, 6.07) is 1.95. The molecule has 17 heavy (non-hydrogen) atoms. The number of pyridine rings is 1. The molecule has 0 atom stereocenters. The van der Waals surface area contributed by atoms with Gasteiger partial charge in [0.15, 0.2) is 5.82 Å². The van der Waals surface area contributed by atoms with Gasteiger partial charge >= 0.3 is 0 Å². The van der Waals surface area contributed by atoms with Gasteiger partial charge in [-0.05, 0) is 27.6 Å². The average Bonchev–Trinajstić information content (AvgIpc) is 2.65. The summed E-state index contributed by atoms with van der Waals surface area (Å²) in [7, 11) is 0. The molecule has 1 N–H and O–H groups in total. The zero-order chi connectivity index (χ0) is 12.3. The monoisotopic (exact) mass is 298 g/mol. The Hall–Kier alpha value is -1.63. The Morgan fingerprint density at radius 1 is 1.65 bits per heavy atom. The van der Waals surface area contributed by atoms with Crippen LogP contribution in [0.15, 0.2) is 35.0 Å². The highest BCUT2D eigenvalue weighted by atomic mass is 79.9. The second-order valence-corrected chi connectivity index (χ2v) is 4.58. The molecule has 0 bridgehead atoms. The van der Waals surface area contributed by atoms with E-state index in [0.717, 1.165) is 29.3 Å². The van der Waals surface area contributed by atoms with Gasteiger partial charge in [-0.15, -0.1) is 0 Å². The van der Waals surface area contributed by atoms with Gasteiger partial charge in [0.25, 0.3) is 6.20 Å². The summed E-state index contributed by atoms with van der Waals surface area (Å²) in [5.74, 6) is 0.551. The minimum Gasteiger partial charge on any atom is -0.365 e. The lowest BCUT2D eigenvalue weighted by atomic mass is 10.3. The third-order valence-electron chi connectivity index (χ3n) is 2.39. The van der Waals surface area contributed by atoms with Gasteiger partial charge in [0.05, 0.1) is 4.92 Å². The molecule has 1 aliphatic rings. The van der Waals surface area contributed by atoms with Crippen molar-refractivity contribution in [1.82, 2.24) is 15.2 Å². The number of halogens is 1. The maximum Gasteiger partial charge on any atom is 0.274 e. The summed E-state index contributed by atoms with van der Waals surface area (Å²) in [6.07, 6.45) is 4.46. The number of hydrogen-bond donors (Lipinski definition) is 1. The van der Waals surface area contributed by atoms with Gasteiger partial charge in [0.1, 0.15) is 0 Å². The van der Waals surface area contributed by atoms with Crippen LogP contribution in [0.4, 0.5) is 0 Å². The fourth-order valence-electron chi connectivity index (χ4n) is 1.71. The van der Waals surface area contributed by atoms with Crippen molar-refractivity contribution in [2.24, 2.45) is 0 Å². The van der Waals surface area contributed by atoms with Crippen LogP contribution in [-0.4, -0.2) is 27.9 Å². The summed E-state index contributed by atoms with van der Waals surface area (Å²) < 4.78 is 0.905. The van der Waals surface area contributed by atoms with Gasteiger partial charge in [-0.3, -0.25) is 15.1 Å². The van der Waals surface area contributed by atoms with Crippen molar-refractivity contribution >= 4 is 15.9 Å². The average molecular weight is 299 g/mol. The Bertz CT molecular complexity index is 463. The topological polar surface area (TPSA) is 71.3 Å². The summed E-state index contributed by atoms with van der Waals surface area (Å²) in [5, 5.41) is 13.4. The molecule has 0 aliphatic carbocycles. The quantitative estimate of drug-likeness (QED) is 0.673. The molecule has 1 fully saturated rings. The van der Waals surface area contributed by atoms with Crippen LogP contribution in [0.2, 0.25) is 0 Å². The van der Waals surface area contributed by atoms with Crippen molar-refractivity contribution in [2.45, 2.75) is 6.54 Å². The van der Waals surface area contributed by atoms with E-state index in [-0.39, 0.29) is 0 Å². The molecule has 0 radical (unpaired) electrons. The summed E-state index contributed by atoms with van der Waals surface area (Å²) >= 11 is 3.35. The predicted octanol–water partition coefficient (Wildman–Crippen LogP) is 1.32. The molecule has 7 heteroatoms. The van der Waals surface area contributed by atoms with Crippen LogP contribution in [-0.2, 0) is 6.54 Å². The van der Waals surface area contributed by atoms with Crippen LogP contribution in [0.25, 0.3) is 0 Å². The van der Waals surface area contributed by atoms with E-state index in [1.165, 1.54) is 0 Å². The zero-order valence-electron chi connectivity index (χ0n) is 8.97. The molecule has 1 saturated heterocycles. The number of aromatic nitrogens is 1. The molecule has 2 rings (SSSR count). The van der Waals surface area contributed by atoms with E-state index < -0.39 is 4.92 Å². The van der Waals surface area contributed by atoms with Crippen LogP contribution in [0, 0.1) is 10.1 Å². The number of nitrogens with zero attached hydrogens (tertiary/aromatic N) is 3. The van der Waals surface area contributed by atoms with Gasteiger partial charge in [0, 0.05) is 36.5 Å². The van der Waals surface area contributed by atoms with Gasteiger partial charge in [-0.2, -0.15) is 0 Å². The van der Waals surface area contributed by atoms with E-state index in [1.807, 2.05) is 11.0 Å². The van der Waals surface area contributed by atoms with Crippen molar-refractivity contribution in [3.8, 4) is 0 Å². The fraction of sp³-hybridized carbons (Fsp3) is 0.300. The van der Waals surface area contributed by atoms with Crippen molar-refractivity contribution in [1.29, 1.82) is 0 Å². The Kier molecular flexibility index (Phi) is 3.58. The van der Waals surface area contributed by atoms with Crippen LogP contribution < -0.4 is 5.32 Å². The lowest BCUT2D eigenvalue weighted by molar-refractivity contribution is -0.404. The third kappa shape index (κ3) is 3.16. The zero-order valence-corrected chi connectivity index (χ0v) is 10.6. The summed E-state index contributed by atoms with van der Waals surface area (Å²) in [4.78, 5) is 16.0. The molecule has 0 saturated carbocycles. The minimum atomic E-state index is -0.445. The third-order valence-corrected chi connectivity index (χ3v) is 2.82. The molecule has 1 aliphatic heterocycles. The molecule has 0 spiro atoms. The molecule has 0 unspecified atom stereocenters. The molecular formula is C10H11BrN4O2. The molecular weight excluding hydrogens is 288 g/mol. The van der Waals surface area contributed by atoms with E-state index in [2.05, 4.69) is 26.2 Å². The van der Waals surface area contributed by atoms with Crippen LogP contribution in [0.1, 0.15) is 5.56 Å². The number of nitro groups is 1. The normalized spacial score (nSPS) is 17.2. The van der Waals surface area contributed by atoms with E-state index in [0.29, 0.717) is 12.4 Å². The van der Waals surface area contributed by atoms with Gasteiger partial charge in [-0.25, -0.2) is 0 Å². The first-order valence-corrected chi connectivity index (χ1v) is 5.88. The van der Waals surface area contributed by atoms with Crippen molar-refractivity contribution in [3.63, 3.8) is 0 Å². The molecule has 1 aromatic heterocycles. The highest BCUT2D eigenvalue weighted by Gasteiger charge is 2.19. The van der Waals surface area contributed by atoms with Crippen molar-refractivity contribution in [2.75, 3.05) is 13.1 Å². The first-order chi connectivity index (χ1) is 8.15. The minimum absolute atomic E-state index is 0.445. The number of hydrogen-bond acceptors (Lipinski definition) is 5. The van der Waals surface area contributed by atoms with E-state index >= 15 is 0 Å². The largest absolute Gasteiger partial charge is 0.365 e. The van der Waals surface area contributed by atoms with Crippen LogP contribution >= 0.6 is 15.9 Å². The van der Waals surface area contributed by atoms with Gasteiger partial charge in [-0.1, -0.05) is 0 Å². The predicted molar refractivity (Wildman–Crippen MR) is 65.4 cm³/mol. The maximum atomic E-state index is 10.5. The molecule has 90 valence electrons. The van der Waals surface area contributed by atoms with Gasteiger partial charge in [0.2, 0.25) is 0 Å². The highest BCUT2D eigenvalue weighted by Crippen LogP contribution is 2.15. The van der Waals surface area contributed by atoms with Crippen molar-refractivity contribution in [3.05, 3.63) is 50.6 Å². The van der Waals surface area contributed by atoms with E-state index in [1.54, 1.807) is 12.4 Å². The summed E-state index contributed by atoms with van der Waals surface area (Å²) in [6.45, 7) is 2.09. The van der Waals surface area contributed by atoms with Crippen molar-refractivity contribution < 1.29 is 4.92 Å². The Labute approximate surface area is 107 Å². The number of nitrogens with one attached hydrogen (secondary N) is 1. The first kappa shape index (κ1) is 11.8. The molecule has 0 amide bonds. The standard InChI is InChI=1S/C10H11BrN4O2/c11-9-3-8(4-12-5-9)6-14-2-1-13-10(14)7-15(16)17/h3-5,7,13H,1-2,6H2. The maximum absolute atomic E-state index is 10.5. The van der Waals surface area contributed by atoms with Crippen LogP contribution in [0.5, 0.6) is 0 Å². The lowest BCUT2D eigenvalue weighted by Crippen LogP contribution is -2.20. The Morgan fingerprint density at radius 2 is 2.47 bits per heavy atom. The number of rotatable bonds is 3. The second kappa shape index (κ2) is 5.13. The second-order valence-electron chi connectivity index (χ2n) is 3.66. The highest BCUT2D eigenvalue weighted by molar-refractivity contribution is 9.10. The smallest absolute Gasteiger partial charge is 0.274 e. The van der Waals surface area contributed by atoms with E-state index in [4.69, 9.17) is 0 Å². The van der Waals surface area contributed by atoms with Gasteiger partial charge < -0.3 is 10.2 Å². The first-order valence-electron chi connectivity index (χ1n) is 5.09. The molecule has 2 heterocycles. The molecule has 6 nitrogen and oxygen atoms in total. The Balaban J connectivity index is 2.10. The molecule has 1 aromatic rings. The summed E-state index contributed by atoms with van der Waals surface area (Å²) in [5.41, 5.74) is 1.01. The van der Waals surface area contributed by atoms with E-state index in [9.17, 15) is 10.1 Å². The molecule has 0 aromatic carbocycles. The fourth-order valence-corrected chi connectivity index (χ4v) is 2.12. The lowest BCUT2D eigenvalue weighted by Gasteiger charge is -2.16. The van der Waals surface area contributed by atoms with Crippen LogP contribution in [0.3, 0.4) is 0 Å². The Morgan fingerprint density at radius 3 is 3.18 bits per heavy atom. The SMILES string of the molecule is O=[N+]([O-])C=C1NCCN1Cc1cncc(Br)c1.